The first kappa shape index (κ1) is 12.3. The molecule has 0 saturated heterocycles. The van der Waals surface area contributed by atoms with E-state index in [1.807, 2.05) is 29.7 Å². The largest absolute Gasteiger partial charge is 0.481 e. The molecule has 0 radical (unpaired) electrons. The van der Waals surface area contributed by atoms with Crippen molar-refractivity contribution in [2.24, 2.45) is 0 Å². The van der Waals surface area contributed by atoms with Gasteiger partial charge in [-0.3, -0.25) is 0 Å². The monoisotopic (exact) mass is 259 g/mol. The van der Waals surface area contributed by atoms with Gasteiger partial charge < -0.3 is 9.84 Å². The smallest absolute Gasteiger partial charge is 0.341 e. The molecule has 0 aliphatic heterocycles. The van der Waals surface area contributed by atoms with Crippen molar-refractivity contribution in [3.63, 3.8) is 0 Å². The van der Waals surface area contributed by atoms with Crippen molar-refractivity contribution in [3.8, 4) is 11.2 Å². The lowest BCUT2D eigenvalue weighted by molar-refractivity contribution is -0.139. The Hall–Kier alpha value is -2.19. The lowest BCUT2D eigenvalue weighted by atomic mass is 10.1. The average molecular weight is 259 g/mol. The molecule has 0 heterocycles. The highest BCUT2D eigenvalue weighted by molar-refractivity contribution is 8.04. The quantitative estimate of drug-likeness (QED) is 0.675. The van der Waals surface area contributed by atoms with Crippen molar-refractivity contribution in [1.82, 2.24) is 0 Å². The van der Waals surface area contributed by atoms with Crippen LogP contribution in [0.2, 0.25) is 0 Å². The Labute approximate surface area is 108 Å². The Bertz CT molecular complexity index is 634. The van der Waals surface area contributed by atoms with Gasteiger partial charge in [-0.15, -0.1) is 0 Å². The first-order chi connectivity index (χ1) is 8.72. The van der Waals surface area contributed by atoms with E-state index in [0.717, 1.165) is 27.4 Å². The Morgan fingerprint density at radius 2 is 2.00 bits per heavy atom. The summed E-state index contributed by atoms with van der Waals surface area (Å²) < 4.78 is 5.22. The van der Waals surface area contributed by atoms with Crippen molar-refractivity contribution in [2.75, 3.05) is 6.61 Å². The van der Waals surface area contributed by atoms with E-state index in [4.69, 9.17) is 15.1 Å². The fourth-order valence-corrected chi connectivity index (χ4v) is 2.17. The third-order valence-corrected chi connectivity index (χ3v) is 3.02. The number of carboxylic acids is 1. The summed E-state index contributed by atoms with van der Waals surface area (Å²) in [5.41, 5.74) is 0. The maximum absolute atomic E-state index is 10.5. The molecule has 2 aromatic rings. The molecule has 5 heteroatoms. The van der Waals surface area contributed by atoms with Crippen LogP contribution in [0.4, 0.5) is 0 Å². The Morgan fingerprint density at radius 3 is 2.67 bits per heavy atom. The summed E-state index contributed by atoms with van der Waals surface area (Å²) in [6.07, 6.45) is 0. The van der Waals surface area contributed by atoms with Gasteiger partial charge in [0.25, 0.3) is 0 Å². The number of hydrogen-bond acceptors (Lipinski definition) is 4. The van der Waals surface area contributed by atoms with Gasteiger partial charge in [-0.25, -0.2) is 4.79 Å². The molecule has 2 rings (SSSR count). The van der Waals surface area contributed by atoms with E-state index in [1.165, 1.54) is 0 Å². The number of nitrogens with zero attached hydrogens (tertiary/aromatic N) is 1. The average Bonchev–Trinajstić information content (AvgIpc) is 2.38. The molecule has 0 saturated carbocycles. The predicted molar refractivity (Wildman–Crippen MR) is 68.5 cm³/mol. The van der Waals surface area contributed by atoms with Crippen molar-refractivity contribution in [3.05, 3.63) is 36.4 Å². The van der Waals surface area contributed by atoms with Gasteiger partial charge in [0.05, 0.1) is 0 Å². The SMILES string of the molecule is N#CSc1ccc(OCC(=O)O)c2ccccc12. The lowest BCUT2D eigenvalue weighted by Gasteiger charge is -2.09. The number of nitriles is 1. The molecule has 1 N–H and O–H groups in total. The molecule has 0 atom stereocenters. The summed E-state index contributed by atoms with van der Waals surface area (Å²) >= 11 is 1.07. The van der Waals surface area contributed by atoms with Crippen molar-refractivity contribution in [2.45, 2.75) is 4.90 Å². The second kappa shape index (κ2) is 5.43. The molecule has 90 valence electrons. The highest BCUT2D eigenvalue weighted by Gasteiger charge is 2.08. The van der Waals surface area contributed by atoms with E-state index in [2.05, 4.69) is 0 Å². The molecule has 0 aliphatic carbocycles. The standard InChI is InChI=1S/C13H9NO3S/c14-8-18-12-6-5-11(17-7-13(15)16)9-3-1-2-4-10(9)12/h1-6H,7H2,(H,15,16). The highest BCUT2D eigenvalue weighted by atomic mass is 32.2. The van der Waals surface area contributed by atoms with Gasteiger partial charge in [-0.2, -0.15) is 5.26 Å². The van der Waals surface area contributed by atoms with Crippen LogP contribution in [0.3, 0.4) is 0 Å². The molecule has 0 spiro atoms. The van der Waals surface area contributed by atoms with Gasteiger partial charge in [0.2, 0.25) is 0 Å². The molecule has 0 fully saturated rings. The zero-order valence-electron chi connectivity index (χ0n) is 9.29. The number of thioether (sulfide) groups is 1. The summed E-state index contributed by atoms with van der Waals surface area (Å²) in [6, 6.07) is 10.9. The Morgan fingerprint density at radius 1 is 1.28 bits per heavy atom. The van der Waals surface area contributed by atoms with E-state index in [0.29, 0.717) is 5.75 Å². The second-order valence-electron chi connectivity index (χ2n) is 3.48. The van der Waals surface area contributed by atoms with E-state index in [-0.39, 0.29) is 6.61 Å². The summed E-state index contributed by atoms with van der Waals surface area (Å²) in [7, 11) is 0. The van der Waals surface area contributed by atoms with E-state index in [1.54, 1.807) is 12.1 Å². The number of benzene rings is 2. The number of fused-ring (bicyclic) bond motifs is 1. The summed E-state index contributed by atoms with van der Waals surface area (Å²) in [4.78, 5) is 11.3. The van der Waals surface area contributed by atoms with Crippen molar-refractivity contribution < 1.29 is 14.6 Å². The van der Waals surface area contributed by atoms with Crippen LogP contribution in [0.25, 0.3) is 10.8 Å². The summed E-state index contributed by atoms with van der Waals surface area (Å²) in [5.74, 6) is -0.509. The lowest BCUT2D eigenvalue weighted by Crippen LogP contribution is -2.09. The number of ether oxygens (including phenoxy) is 1. The normalized spacial score (nSPS) is 9.94. The van der Waals surface area contributed by atoms with Gasteiger partial charge >= 0.3 is 5.97 Å². The van der Waals surface area contributed by atoms with Crippen LogP contribution in [-0.2, 0) is 4.79 Å². The zero-order valence-corrected chi connectivity index (χ0v) is 10.1. The van der Waals surface area contributed by atoms with Gasteiger partial charge in [0.1, 0.15) is 11.2 Å². The van der Waals surface area contributed by atoms with E-state index in [9.17, 15) is 4.79 Å². The molecule has 2 aromatic carbocycles. The fraction of sp³-hybridized carbons (Fsp3) is 0.0769. The number of rotatable bonds is 4. The van der Waals surface area contributed by atoms with Crippen molar-refractivity contribution in [1.29, 1.82) is 5.26 Å². The molecule has 0 amide bonds. The number of aliphatic carboxylic acids is 1. The van der Waals surface area contributed by atoms with E-state index >= 15 is 0 Å². The van der Waals surface area contributed by atoms with Crippen LogP contribution in [0, 0.1) is 10.7 Å². The Balaban J connectivity index is 2.47. The topological polar surface area (TPSA) is 70.3 Å². The number of carbonyl (C=O) groups is 1. The molecule has 0 bridgehead atoms. The minimum absolute atomic E-state index is 0.380. The number of hydrogen-bond donors (Lipinski definition) is 1. The molecule has 4 nitrogen and oxygen atoms in total. The summed E-state index contributed by atoms with van der Waals surface area (Å²) in [5, 5.41) is 21.1. The third-order valence-electron chi connectivity index (χ3n) is 2.35. The van der Waals surface area contributed by atoms with Crippen LogP contribution >= 0.6 is 11.8 Å². The van der Waals surface area contributed by atoms with Crippen LogP contribution in [-0.4, -0.2) is 17.7 Å². The number of thiocyanates is 1. The second-order valence-corrected chi connectivity index (χ2v) is 4.31. The first-order valence-corrected chi connectivity index (χ1v) is 5.96. The molecule has 0 aromatic heterocycles. The van der Waals surface area contributed by atoms with Gasteiger partial charge in [-0.05, 0) is 23.9 Å². The maximum Gasteiger partial charge on any atom is 0.341 e. The molecular formula is C13H9NO3S. The van der Waals surface area contributed by atoms with Crippen LogP contribution < -0.4 is 4.74 Å². The van der Waals surface area contributed by atoms with Crippen molar-refractivity contribution >= 4 is 28.5 Å². The molecule has 0 unspecified atom stereocenters. The molecule has 18 heavy (non-hydrogen) atoms. The van der Waals surface area contributed by atoms with Gasteiger partial charge in [0, 0.05) is 15.7 Å². The predicted octanol–water partition coefficient (Wildman–Crippen LogP) is 2.88. The fourth-order valence-electron chi connectivity index (χ4n) is 1.65. The number of carboxylic acid groups (broad SMARTS) is 1. The Kier molecular flexibility index (Phi) is 3.70. The van der Waals surface area contributed by atoms with Gasteiger partial charge in [0.15, 0.2) is 6.61 Å². The van der Waals surface area contributed by atoms with Crippen LogP contribution in [0.5, 0.6) is 5.75 Å². The molecular weight excluding hydrogens is 250 g/mol. The van der Waals surface area contributed by atoms with Gasteiger partial charge in [-0.1, -0.05) is 24.3 Å². The first-order valence-electron chi connectivity index (χ1n) is 5.14. The van der Waals surface area contributed by atoms with Crippen LogP contribution in [0.1, 0.15) is 0 Å². The molecule has 0 aliphatic rings. The summed E-state index contributed by atoms with van der Waals surface area (Å²) in [6.45, 7) is -0.380. The minimum Gasteiger partial charge on any atom is -0.481 e. The van der Waals surface area contributed by atoms with E-state index < -0.39 is 5.97 Å². The van der Waals surface area contributed by atoms with Crippen LogP contribution in [0.15, 0.2) is 41.3 Å². The maximum atomic E-state index is 10.5. The highest BCUT2D eigenvalue weighted by Crippen LogP contribution is 2.33. The zero-order chi connectivity index (χ0) is 13.0. The minimum atomic E-state index is -1.02. The third kappa shape index (κ3) is 2.55.